The third-order valence-electron chi connectivity index (χ3n) is 8.98. The maximum atomic E-state index is 14.9. The van der Waals surface area contributed by atoms with Crippen molar-refractivity contribution in [1.82, 2.24) is 0 Å². The molecule has 8 rings (SSSR count). The summed E-state index contributed by atoms with van der Waals surface area (Å²) in [7, 11) is -3.03. The second-order valence-electron chi connectivity index (χ2n) is 11.7. The van der Waals surface area contributed by atoms with Gasteiger partial charge in [-0.15, -0.1) is 0 Å². The highest BCUT2D eigenvalue weighted by Gasteiger charge is 2.36. The average molecular weight is 561 g/mol. The van der Waals surface area contributed by atoms with Crippen LogP contribution in [0.15, 0.2) is 144 Å². The monoisotopic (exact) mass is 560 g/mol. The van der Waals surface area contributed by atoms with E-state index in [1.54, 1.807) is 0 Å². The lowest BCUT2D eigenvalue weighted by Gasteiger charge is -2.21. The second-order valence-corrected chi connectivity index (χ2v) is 14.4. The minimum Gasteiger partial charge on any atom is -0.456 e. The van der Waals surface area contributed by atoms with Gasteiger partial charge in [0.05, 0.1) is 0 Å². The molecular weight excluding hydrogens is 531 g/mol. The van der Waals surface area contributed by atoms with E-state index in [-0.39, 0.29) is 5.41 Å². The van der Waals surface area contributed by atoms with Gasteiger partial charge in [-0.1, -0.05) is 135 Å². The van der Waals surface area contributed by atoms with Crippen molar-refractivity contribution in [3.8, 4) is 22.3 Å². The van der Waals surface area contributed by atoms with Gasteiger partial charge in [0.2, 0.25) is 0 Å². The molecule has 1 heterocycles. The Hall–Kier alpha value is -4.65. The van der Waals surface area contributed by atoms with Crippen LogP contribution in [0.4, 0.5) is 0 Å². The fourth-order valence-corrected chi connectivity index (χ4v) is 9.48. The summed E-state index contributed by atoms with van der Waals surface area (Å²) in [4.78, 5) is 0. The van der Waals surface area contributed by atoms with E-state index in [2.05, 4.69) is 80.6 Å². The van der Waals surface area contributed by atoms with E-state index in [1.807, 2.05) is 72.8 Å². The van der Waals surface area contributed by atoms with Gasteiger partial charge in [0.1, 0.15) is 11.2 Å². The molecule has 7 aromatic rings. The molecule has 0 saturated carbocycles. The number of fused-ring (bicyclic) bond motifs is 6. The van der Waals surface area contributed by atoms with Gasteiger partial charge in [0, 0.05) is 32.1 Å². The Morgan fingerprint density at radius 3 is 1.81 bits per heavy atom. The molecule has 3 heteroatoms. The van der Waals surface area contributed by atoms with Gasteiger partial charge in [-0.05, 0) is 51.6 Å². The van der Waals surface area contributed by atoms with Crippen LogP contribution >= 0.6 is 7.14 Å². The van der Waals surface area contributed by atoms with Gasteiger partial charge in [0.25, 0.3) is 0 Å². The molecular formula is C39H29O2P. The zero-order valence-electron chi connectivity index (χ0n) is 23.5. The lowest BCUT2D eigenvalue weighted by molar-refractivity contribution is 0.592. The Morgan fingerprint density at radius 1 is 0.524 bits per heavy atom. The number of benzene rings is 6. The van der Waals surface area contributed by atoms with Crippen molar-refractivity contribution >= 4 is 45.0 Å². The van der Waals surface area contributed by atoms with Crippen molar-refractivity contribution in [2.45, 2.75) is 19.3 Å². The summed E-state index contributed by atoms with van der Waals surface area (Å²) in [6, 6.07) is 47.5. The van der Waals surface area contributed by atoms with Crippen LogP contribution in [0.5, 0.6) is 0 Å². The lowest BCUT2D eigenvalue weighted by atomic mass is 9.82. The molecule has 1 aliphatic carbocycles. The lowest BCUT2D eigenvalue weighted by Crippen LogP contribution is -2.24. The van der Waals surface area contributed by atoms with Crippen LogP contribution in [-0.4, -0.2) is 0 Å². The van der Waals surface area contributed by atoms with Crippen molar-refractivity contribution < 1.29 is 8.98 Å². The minimum absolute atomic E-state index is 0.0802. The number of furan rings is 1. The zero-order chi connectivity index (χ0) is 28.5. The highest BCUT2D eigenvalue weighted by molar-refractivity contribution is 7.85. The molecule has 1 aliphatic rings. The zero-order valence-corrected chi connectivity index (χ0v) is 24.4. The van der Waals surface area contributed by atoms with Crippen molar-refractivity contribution in [3.63, 3.8) is 0 Å². The maximum Gasteiger partial charge on any atom is 0.171 e. The number of hydrogen-bond acceptors (Lipinski definition) is 2. The fraction of sp³-hybridized carbons (Fsp3) is 0.0769. The van der Waals surface area contributed by atoms with E-state index in [9.17, 15) is 4.57 Å². The summed E-state index contributed by atoms with van der Waals surface area (Å²) in [6.45, 7) is 4.59. The van der Waals surface area contributed by atoms with E-state index in [0.717, 1.165) is 49.0 Å². The van der Waals surface area contributed by atoms with E-state index < -0.39 is 7.14 Å². The molecule has 0 atom stereocenters. The standard InChI is InChI=1S/C39H29O2P/c1-39(2)34-18-10-9-16-31(34)32-24-33-37(25-35(32)39)41-36-19-11-17-30(38(33)36)26-20-22-29(23-21-26)42(40,27-12-5-3-6-13-27)28-14-7-4-8-15-28/h3-25H,1-2H3. The molecule has 42 heavy (non-hydrogen) atoms. The summed E-state index contributed by atoms with van der Waals surface area (Å²) in [5.41, 5.74) is 9.12. The van der Waals surface area contributed by atoms with Crippen LogP contribution in [0.1, 0.15) is 25.0 Å². The summed E-state index contributed by atoms with van der Waals surface area (Å²) in [5.74, 6) is 0. The third kappa shape index (κ3) is 3.55. The molecule has 0 unspecified atom stereocenters. The van der Waals surface area contributed by atoms with E-state index in [1.165, 1.54) is 22.3 Å². The minimum atomic E-state index is -3.03. The van der Waals surface area contributed by atoms with Crippen LogP contribution in [-0.2, 0) is 9.98 Å². The first-order valence-electron chi connectivity index (χ1n) is 14.4. The molecule has 0 radical (unpaired) electrons. The van der Waals surface area contributed by atoms with E-state index in [0.29, 0.717) is 0 Å². The Bertz CT molecular complexity index is 2130. The van der Waals surface area contributed by atoms with Crippen LogP contribution in [0.2, 0.25) is 0 Å². The van der Waals surface area contributed by atoms with Crippen molar-refractivity contribution in [3.05, 3.63) is 151 Å². The SMILES string of the molecule is CC1(C)c2ccccc2-c2cc3c(cc21)oc1cccc(-c2ccc(P(=O)(c4ccccc4)c4ccccc4)cc2)c13. The number of rotatable bonds is 4. The molecule has 0 N–H and O–H groups in total. The second kappa shape index (κ2) is 9.18. The highest BCUT2D eigenvalue weighted by Crippen LogP contribution is 2.51. The predicted molar refractivity (Wildman–Crippen MR) is 176 cm³/mol. The van der Waals surface area contributed by atoms with Gasteiger partial charge < -0.3 is 8.98 Å². The van der Waals surface area contributed by atoms with Gasteiger partial charge in [0.15, 0.2) is 7.14 Å². The van der Waals surface area contributed by atoms with Crippen molar-refractivity contribution in [2.24, 2.45) is 0 Å². The largest absolute Gasteiger partial charge is 0.456 e. The molecule has 0 aliphatic heterocycles. The van der Waals surface area contributed by atoms with Crippen LogP contribution < -0.4 is 15.9 Å². The smallest absolute Gasteiger partial charge is 0.171 e. The van der Waals surface area contributed by atoms with Crippen molar-refractivity contribution in [1.29, 1.82) is 0 Å². The van der Waals surface area contributed by atoms with Crippen LogP contribution in [0.25, 0.3) is 44.2 Å². The molecule has 2 nitrogen and oxygen atoms in total. The Balaban J connectivity index is 1.30. The molecule has 0 saturated heterocycles. The van der Waals surface area contributed by atoms with Gasteiger partial charge in [-0.2, -0.15) is 0 Å². The first kappa shape index (κ1) is 25.1. The summed E-state index contributed by atoms with van der Waals surface area (Å²) < 4.78 is 21.3. The first-order chi connectivity index (χ1) is 20.5. The normalized spacial score (nSPS) is 13.8. The van der Waals surface area contributed by atoms with Crippen LogP contribution in [0.3, 0.4) is 0 Å². The third-order valence-corrected chi connectivity index (χ3v) is 12.1. The average Bonchev–Trinajstić information content (AvgIpc) is 3.52. The summed E-state index contributed by atoms with van der Waals surface area (Å²) in [5, 5.41) is 4.73. The molecule has 0 amide bonds. The highest BCUT2D eigenvalue weighted by atomic mass is 31.2. The van der Waals surface area contributed by atoms with E-state index in [4.69, 9.17) is 4.42 Å². The molecule has 202 valence electrons. The summed E-state index contributed by atoms with van der Waals surface area (Å²) >= 11 is 0. The molecule has 0 fully saturated rings. The fourth-order valence-electron chi connectivity index (χ4n) is 6.83. The molecule has 0 spiro atoms. The molecule has 0 bridgehead atoms. The topological polar surface area (TPSA) is 30.2 Å². The quantitative estimate of drug-likeness (QED) is 0.201. The Labute approximate surface area is 245 Å². The Kier molecular flexibility index (Phi) is 5.48. The predicted octanol–water partition coefficient (Wildman–Crippen LogP) is 9.20. The van der Waals surface area contributed by atoms with E-state index >= 15 is 0 Å². The van der Waals surface area contributed by atoms with Crippen LogP contribution in [0, 0.1) is 0 Å². The van der Waals surface area contributed by atoms with Gasteiger partial charge >= 0.3 is 0 Å². The van der Waals surface area contributed by atoms with Gasteiger partial charge in [-0.25, -0.2) is 0 Å². The van der Waals surface area contributed by atoms with Crippen molar-refractivity contribution in [2.75, 3.05) is 0 Å². The maximum absolute atomic E-state index is 14.9. The molecule has 6 aromatic carbocycles. The summed E-state index contributed by atoms with van der Waals surface area (Å²) in [6.07, 6.45) is 0. The Morgan fingerprint density at radius 2 is 1.12 bits per heavy atom. The van der Waals surface area contributed by atoms with Gasteiger partial charge in [-0.3, -0.25) is 0 Å². The first-order valence-corrected chi connectivity index (χ1v) is 16.1. The molecule has 1 aromatic heterocycles. The number of hydrogen-bond donors (Lipinski definition) is 0.